The second kappa shape index (κ2) is 9.04. The van der Waals surface area contributed by atoms with Crippen LogP contribution in [-0.4, -0.2) is 44.5 Å². The monoisotopic (exact) mass is 435 g/mol. The fourth-order valence-corrected chi connectivity index (χ4v) is 2.93. The second-order valence-electron chi connectivity index (χ2n) is 6.72. The van der Waals surface area contributed by atoms with Gasteiger partial charge in [-0.25, -0.2) is 14.4 Å². The lowest BCUT2D eigenvalue weighted by atomic mass is 10.2. The van der Waals surface area contributed by atoms with Crippen molar-refractivity contribution < 1.29 is 13.8 Å². The number of carbonyl (C=O) groups excluding carboxylic acids is 1. The normalized spacial score (nSPS) is 11.1. The number of amides is 1. The van der Waals surface area contributed by atoms with Crippen LogP contribution in [0.1, 0.15) is 21.7 Å². The first-order valence-electron chi connectivity index (χ1n) is 9.41. The van der Waals surface area contributed by atoms with Crippen molar-refractivity contribution in [3.05, 3.63) is 77.4 Å². The number of nitrogen functional groups attached to an aromatic ring is 1. The first-order chi connectivity index (χ1) is 15.5. The van der Waals surface area contributed by atoms with Crippen LogP contribution in [0.25, 0.3) is 5.82 Å². The quantitative estimate of drug-likeness (QED) is 0.331. The number of benzene rings is 2. The molecule has 0 aliphatic rings. The van der Waals surface area contributed by atoms with Gasteiger partial charge in [-0.2, -0.15) is 9.78 Å². The lowest BCUT2D eigenvalue weighted by Gasteiger charge is -2.19. The third kappa shape index (κ3) is 4.43. The summed E-state index contributed by atoms with van der Waals surface area (Å²) in [4.78, 5) is 14.7. The number of anilines is 2. The van der Waals surface area contributed by atoms with E-state index >= 15 is 0 Å². The van der Waals surface area contributed by atoms with Crippen molar-refractivity contribution in [1.29, 1.82) is 0 Å². The molecule has 162 valence electrons. The fourth-order valence-electron chi connectivity index (χ4n) is 2.93. The second-order valence-corrected chi connectivity index (χ2v) is 6.72. The van der Waals surface area contributed by atoms with Crippen LogP contribution in [0.5, 0.6) is 0 Å². The maximum Gasteiger partial charge on any atom is 0.293 e. The molecule has 32 heavy (non-hydrogen) atoms. The number of nitrogens with one attached hydrogen (secondary N) is 1. The molecule has 0 spiro atoms. The smallest absolute Gasteiger partial charge is 0.293 e. The summed E-state index contributed by atoms with van der Waals surface area (Å²) in [7, 11) is 1.85. The summed E-state index contributed by atoms with van der Waals surface area (Å²) in [6.07, 6.45) is 1.32. The van der Waals surface area contributed by atoms with Gasteiger partial charge in [-0.15, -0.1) is 5.10 Å². The predicted molar refractivity (Wildman–Crippen MR) is 114 cm³/mol. The van der Waals surface area contributed by atoms with Gasteiger partial charge in [-0.3, -0.25) is 4.79 Å². The molecule has 0 aliphatic carbocycles. The first-order valence-corrected chi connectivity index (χ1v) is 9.41. The highest BCUT2D eigenvalue weighted by molar-refractivity contribution is 5.94. The highest BCUT2D eigenvalue weighted by Gasteiger charge is 2.25. The van der Waals surface area contributed by atoms with E-state index in [9.17, 15) is 9.18 Å². The van der Waals surface area contributed by atoms with Gasteiger partial charge in [0, 0.05) is 12.7 Å². The molecule has 0 atom stereocenters. The van der Waals surface area contributed by atoms with Crippen molar-refractivity contribution >= 4 is 23.6 Å². The molecule has 1 amide bonds. The number of halogens is 1. The van der Waals surface area contributed by atoms with Crippen LogP contribution in [-0.2, 0) is 6.54 Å². The number of hydrogen-bond donors (Lipinski definition) is 2. The summed E-state index contributed by atoms with van der Waals surface area (Å²) in [5.74, 6) is -0.922. The minimum atomic E-state index is -0.615. The Morgan fingerprint density at radius 1 is 1.25 bits per heavy atom. The molecule has 0 aliphatic heterocycles. The Balaban J connectivity index is 1.61. The van der Waals surface area contributed by atoms with E-state index in [0.29, 0.717) is 11.3 Å². The number of hydrogen-bond acceptors (Lipinski definition) is 9. The Morgan fingerprint density at radius 2 is 2.06 bits per heavy atom. The number of aromatic nitrogens is 5. The average molecular weight is 435 g/mol. The molecular formula is C20H18FN9O2. The Bertz CT molecular complexity index is 1250. The van der Waals surface area contributed by atoms with Crippen molar-refractivity contribution in [3.63, 3.8) is 0 Å². The largest absolute Gasteiger partial charge is 0.378 e. The average Bonchev–Trinajstić information content (AvgIpc) is 3.40. The zero-order valence-corrected chi connectivity index (χ0v) is 16.9. The highest BCUT2D eigenvalue weighted by atomic mass is 19.1. The first kappa shape index (κ1) is 20.7. The molecule has 3 N–H and O–H groups in total. The van der Waals surface area contributed by atoms with E-state index in [4.69, 9.17) is 5.73 Å². The van der Waals surface area contributed by atoms with Gasteiger partial charge in [0.05, 0.1) is 18.5 Å². The Labute approximate surface area is 181 Å². The van der Waals surface area contributed by atoms with E-state index in [1.807, 2.05) is 42.3 Å². The van der Waals surface area contributed by atoms with Gasteiger partial charge in [0.15, 0.2) is 5.69 Å². The molecule has 2 aromatic heterocycles. The van der Waals surface area contributed by atoms with Gasteiger partial charge < -0.3 is 10.6 Å². The molecular weight excluding hydrogens is 417 g/mol. The Hall–Kier alpha value is -4.61. The van der Waals surface area contributed by atoms with E-state index in [0.717, 1.165) is 5.69 Å². The van der Waals surface area contributed by atoms with Crippen molar-refractivity contribution in [3.8, 4) is 5.82 Å². The summed E-state index contributed by atoms with van der Waals surface area (Å²) in [5, 5.41) is 19.1. The molecule has 12 heteroatoms. The summed E-state index contributed by atoms with van der Waals surface area (Å²) >= 11 is 0. The summed E-state index contributed by atoms with van der Waals surface area (Å²) < 4.78 is 19.2. The molecule has 4 aromatic rings. The van der Waals surface area contributed by atoms with Gasteiger partial charge in [-0.05, 0) is 40.1 Å². The van der Waals surface area contributed by atoms with Crippen molar-refractivity contribution in [1.82, 2.24) is 30.7 Å². The number of carbonyl (C=O) groups is 1. The van der Waals surface area contributed by atoms with Gasteiger partial charge in [0.1, 0.15) is 5.82 Å². The molecule has 0 saturated carbocycles. The van der Waals surface area contributed by atoms with Crippen LogP contribution in [0, 0.1) is 5.82 Å². The summed E-state index contributed by atoms with van der Waals surface area (Å²) in [6, 6.07) is 15.3. The molecule has 0 radical (unpaired) electrons. The van der Waals surface area contributed by atoms with Gasteiger partial charge in [-0.1, -0.05) is 35.5 Å². The summed E-state index contributed by atoms with van der Waals surface area (Å²) in [6.45, 7) is 0.236. The van der Waals surface area contributed by atoms with Crippen LogP contribution in [0.3, 0.4) is 0 Å². The number of nitrogens with zero attached hydrogens (tertiary/aromatic N) is 7. The van der Waals surface area contributed by atoms with E-state index in [2.05, 4.69) is 35.8 Å². The minimum Gasteiger partial charge on any atom is -0.378 e. The number of hydrazone groups is 1. The summed E-state index contributed by atoms with van der Waals surface area (Å²) in [5.41, 5.74) is 9.96. The van der Waals surface area contributed by atoms with Crippen molar-refractivity contribution in [2.45, 2.75) is 6.54 Å². The van der Waals surface area contributed by atoms with Crippen LogP contribution in [0.4, 0.5) is 15.9 Å². The molecule has 0 saturated heterocycles. The lowest BCUT2D eigenvalue weighted by Crippen LogP contribution is -2.24. The van der Waals surface area contributed by atoms with Gasteiger partial charge in [0.25, 0.3) is 5.91 Å². The van der Waals surface area contributed by atoms with Crippen LogP contribution < -0.4 is 16.1 Å². The van der Waals surface area contributed by atoms with E-state index < -0.39 is 11.7 Å². The van der Waals surface area contributed by atoms with Crippen LogP contribution in [0.2, 0.25) is 0 Å². The zero-order valence-electron chi connectivity index (χ0n) is 16.9. The Morgan fingerprint density at radius 3 is 2.78 bits per heavy atom. The third-order valence-electron chi connectivity index (χ3n) is 4.49. The molecule has 11 nitrogen and oxygen atoms in total. The molecule has 4 rings (SSSR count). The van der Waals surface area contributed by atoms with E-state index in [1.54, 1.807) is 6.07 Å². The molecule has 0 fully saturated rings. The zero-order chi connectivity index (χ0) is 22.5. The van der Waals surface area contributed by atoms with Crippen LogP contribution >= 0.6 is 0 Å². The molecule has 0 bridgehead atoms. The molecule has 2 heterocycles. The maximum atomic E-state index is 13.3. The third-order valence-corrected chi connectivity index (χ3v) is 4.49. The number of rotatable bonds is 7. The SMILES string of the molecule is CN(Cc1c(C(=O)N/N=C/c2cccc(F)c2)nnn1-c1nonc1N)c1ccccc1. The van der Waals surface area contributed by atoms with Crippen molar-refractivity contribution in [2.24, 2.45) is 5.10 Å². The standard InChI is InChI=1S/C20H18FN9O2/c1-29(15-8-3-2-4-9-15)12-16-17(24-28-30(16)19-18(22)26-32-27-19)20(31)25-23-11-13-6-5-7-14(21)10-13/h2-11H,12H2,1H3,(H2,22,26)(H,25,31)/b23-11+. The predicted octanol–water partition coefficient (Wildman–Crippen LogP) is 1.77. The van der Waals surface area contributed by atoms with Gasteiger partial charge >= 0.3 is 0 Å². The topological polar surface area (TPSA) is 140 Å². The molecule has 2 aromatic carbocycles. The highest BCUT2D eigenvalue weighted by Crippen LogP contribution is 2.20. The minimum absolute atomic E-state index is 0.00500. The number of nitrogens with two attached hydrogens (primary N) is 1. The Kier molecular flexibility index (Phi) is 5.83. The van der Waals surface area contributed by atoms with E-state index in [1.165, 1.54) is 29.1 Å². The molecule has 0 unspecified atom stereocenters. The maximum absolute atomic E-state index is 13.3. The van der Waals surface area contributed by atoms with E-state index in [-0.39, 0.29) is 23.9 Å². The van der Waals surface area contributed by atoms with Crippen molar-refractivity contribution in [2.75, 3.05) is 17.7 Å². The lowest BCUT2D eigenvalue weighted by molar-refractivity contribution is 0.0949. The van der Waals surface area contributed by atoms with Gasteiger partial charge in [0.2, 0.25) is 11.6 Å². The number of para-hydroxylation sites is 1. The fraction of sp³-hybridized carbons (Fsp3) is 0.100. The van der Waals surface area contributed by atoms with Crippen LogP contribution in [0.15, 0.2) is 64.3 Å².